The Morgan fingerprint density at radius 1 is 1.32 bits per heavy atom. The molecule has 4 nitrogen and oxygen atoms in total. The van der Waals surface area contributed by atoms with Crippen molar-refractivity contribution in [3.63, 3.8) is 0 Å². The monoisotopic (exact) mass is 301 g/mol. The Balaban J connectivity index is 2.00. The van der Waals surface area contributed by atoms with E-state index in [9.17, 15) is 9.90 Å². The van der Waals surface area contributed by atoms with Crippen molar-refractivity contribution in [3.8, 4) is 5.75 Å². The third-order valence-corrected chi connectivity index (χ3v) is 3.82. The molecule has 4 heteroatoms. The minimum atomic E-state index is -0.171. The van der Waals surface area contributed by atoms with Gasteiger partial charge in [0.1, 0.15) is 11.5 Å². The molecule has 0 aromatic heterocycles. The van der Waals surface area contributed by atoms with Crippen LogP contribution in [-0.2, 0) is 11.2 Å². The maximum absolute atomic E-state index is 12.1. The van der Waals surface area contributed by atoms with E-state index in [0.29, 0.717) is 25.0 Å². The Morgan fingerprint density at radius 3 is 2.73 bits per heavy atom. The maximum atomic E-state index is 12.1. The van der Waals surface area contributed by atoms with Crippen molar-refractivity contribution in [2.24, 2.45) is 10.4 Å². The minimum Gasteiger partial charge on any atom is -0.511 e. The molecular formula is C18H23NO3. The molecule has 0 aliphatic heterocycles. The zero-order chi connectivity index (χ0) is 16.2. The highest BCUT2D eigenvalue weighted by Gasteiger charge is 2.32. The van der Waals surface area contributed by atoms with Gasteiger partial charge in [0.2, 0.25) is 0 Å². The molecule has 0 atom stereocenters. The number of ketones is 1. The molecular weight excluding hydrogens is 278 g/mol. The molecule has 0 saturated carbocycles. The van der Waals surface area contributed by atoms with E-state index in [1.54, 1.807) is 7.11 Å². The topological polar surface area (TPSA) is 58.9 Å². The molecule has 1 N–H and O–H groups in total. The third-order valence-electron chi connectivity index (χ3n) is 3.82. The van der Waals surface area contributed by atoms with Crippen LogP contribution >= 0.6 is 0 Å². The van der Waals surface area contributed by atoms with Crippen LogP contribution in [0, 0.1) is 5.41 Å². The Kier molecular flexibility index (Phi) is 5.01. The molecule has 1 aliphatic carbocycles. The van der Waals surface area contributed by atoms with Gasteiger partial charge in [0.15, 0.2) is 5.78 Å². The Labute approximate surface area is 131 Å². The van der Waals surface area contributed by atoms with Crippen LogP contribution in [0.5, 0.6) is 5.75 Å². The first-order chi connectivity index (χ1) is 10.4. The summed E-state index contributed by atoms with van der Waals surface area (Å²) in [7, 11) is 1.65. The lowest BCUT2D eigenvalue weighted by Gasteiger charge is -2.28. The van der Waals surface area contributed by atoms with Crippen molar-refractivity contribution in [3.05, 3.63) is 41.2 Å². The molecule has 1 aliphatic rings. The van der Waals surface area contributed by atoms with E-state index >= 15 is 0 Å². The molecule has 2 rings (SSSR count). The first-order valence-electron chi connectivity index (χ1n) is 7.50. The van der Waals surface area contributed by atoms with Crippen molar-refractivity contribution in [1.29, 1.82) is 0 Å². The number of para-hydroxylation sites is 1. The van der Waals surface area contributed by atoms with E-state index in [2.05, 4.69) is 4.99 Å². The average molecular weight is 301 g/mol. The van der Waals surface area contributed by atoms with Gasteiger partial charge in [-0.2, -0.15) is 0 Å². The van der Waals surface area contributed by atoms with E-state index < -0.39 is 0 Å². The normalized spacial score (nSPS) is 18.0. The van der Waals surface area contributed by atoms with Crippen molar-refractivity contribution < 1.29 is 14.6 Å². The molecule has 0 bridgehead atoms. The van der Waals surface area contributed by atoms with Crippen LogP contribution in [0.1, 0.15) is 32.3 Å². The summed E-state index contributed by atoms with van der Waals surface area (Å²) in [5.41, 5.74) is 1.27. The highest BCUT2D eigenvalue weighted by atomic mass is 16.5. The number of aliphatic hydroxyl groups is 1. The third kappa shape index (κ3) is 3.97. The van der Waals surface area contributed by atoms with Crippen molar-refractivity contribution in [2.75, 3.05) is 13.7 Å². The Hall–Kier alpha value is -2.10. The lowest BCUT2D eigenvalue weighted by atomic mass is 9.77. The lowest BCUT2D eigenvalue weighted by Crippen LogP contribution is -2.26. The second-order valence-corrected chi connectivity index (χ2v) is 6.40. The molecule has 1 aromatic rings. The molecule has 0 fully saturated rings. The van der Waals surface area contributed by atoms with E-state index in [1.165, 1.54) is 6.21 Å². The van der Waals surface area contributed by atoms with Crippen LogP contribution in [0.4, 0.5) is 0 Å². The highest BCUT2D eigenvalue weighted by Crippen LogP contribution is 2.35. The quantitative estimate of drug-likeness (QED) is 0.847. The van der Waals surface area contributed by atoms with Crippen molar-refractivity contribution in [1.82, 2.24) is 0 Å². The van der Waals surface area contributed by atoms with E-state index in [-0.39, 0.29) is 17.0 Å². The molecule has 0 heterocycles. The number of allylic oxidation sites excluding steroid dienone is 2. The Morgan fingerprint density at radius 2 is 2.05 bits per heavy atom. The summed E-state index contributed by atoms with van der Waals surface area (Å²) < 4.78 is 5.29. The fraction of sp³-hybridized carbons (Fsp3) is 0.444. The van der Waals surface area contributed by atoms with Gasteiger partial charge in [0.05, 0.1) is 12.7 Å². The number of carbonyl (C=O) groups is 1. The zero-order valence-electron chi connectivity index (χ0n) is 13.4. The van der Waals surface area contributed by atoms with Gasteiger partial charge < -0.3 is 9.84 Å². The number of methoxy groups -OCH3 is 1. The zero-order valence-corrected chi connectivity index (χ0v) is 13.4. The largest absolute Gasteiger partial charge is 0.511 e. The fourth-order valence-corrected chi connectivity index (χ4v) is 2.70. The number of hydrogen-bond donors (Lipinski definition) is 1. The van der Waals surface area contributed by atoms with Crippen LogP contribution < -0.4 is 4.74 Å². The van der Waals surface area contributed by atoms with Gasteiger partial charge in [-0.15, -0.1) is 0 Å². The van der Waals surface area contributed by atoms with E-state index in [1.807, 2.05) is 38.1 Å². The number of nitrogens with zero attached hydrogens (tertiary/aromatic N) is 1. The average Bonchev–Trinajstić information content (AvgIpc) is 2.45. The number of carbonyl (C=O) groups excluding carboxylic acids is 1. The minimum absolute atomic E-state index is 0.0326. The number of Topliss-reactive ketones (excluding diaryl/α,β-unsaturated/α-hetero) is 1. The van der Waals surface area contributed by atoms with E-state index in [0.717, 1.165) is 17.7 Å². The second-order valence-electron chi connectivity index (χ2n) is 6.40. The van der Waals surface area contributed by atoms with Gasteiger partial charge in [0.25, 0.3) is 0 Å². The number of aliphatic imine (C=N–C) groups is 1. The number of benzene rings is 1. The second kappa shape index (κ2) is 6.77. The predicted molar refractivity (Wildman–Crippen MR) is 87.7 cm³/mol. The van der Waals surface area contributed by atoms with Crippen LogP contribution in [0.3, 0.4) is 0 Å². The van der Waals surface area contributed by atoms with Crippen LogP contribution in [-0.4, -0.2) is 30.8 Å². The molecule has 1 aromatic carbocycles. The molecule has 22 heavy (non-hydrogen) atoms. The maximum Gasteiger partial charge on any atom is 0.168 e. The van der Waals surface area contributed by atoms with Crippen LogP contribution in [0.25, 0.3) is 0 Å². The summed E-state index contributed by atoms with van der Waals surface area (Å²) in [6, 6.07) is 7.80. The van der Waals surface area contributed by atoms with Gasteiger partial charge in [-0.1, -0.05) is 32.0 Å². The fourth-order valence-electron chi connectivity index (χ4n) is 2.70. The van der Waals surface area contributed by atoms with Crippen LogP contribution in [0.2, 0.25) is 0 Å². The summed E-state index contributed by atoms with van der Waals surface area (Å²) in [4.78, 5) is 16.4. The van der Waals surface area contributed by atoms with Gasteiger partial charge in [-0.3, -0.25) is 9.79 Å². The molecule has 0 saturated heterocycles. The molecule has 0 spiro atoms. The number of aliphatic hydroxyl groups excluding tert-OH is 1. The summed E-state index contributed by atoms with van der Waals surface area (Å²) in [5, 5.41) is 10.0. The molecule has 118 valence electrons. The molecule has 0 amide bonds. The van der Waals surface area contributed by atoms with Gasteiger partial charge in [0, 0.05) is 25.6 Å². The number of rotatable bonds is 5. The number of hydrogen-bond acceptors (Lipinski definition) is 4. The summed E-state index contributed by atoms with van der Waals surface area (Å²) in [6.45, 7) is 4.52. The smallest absolute Gasteiger partial charge is 0.168 e. The summed E-state index contributed by atoms with van der Waals surface area (Å²) in [6.07, 6.45) is 3.22. The van der Waals surface area contributed by atoms with Crippen LogP contribution in [0.15, 0.2) is 40.6 Å². The standard InChI is InChI=1S/C18H23NO3/c1-18(2)10-15(20)14(16(21)11-18)12-19-9-8-13-6-4-5-7-17(13)22-3/h4-7,12,20H,8-11H2,1-3H3. The predicted octanol–water partition coefficient (Wildman–Crippen LogP) is 3.51. The molecule has 0 radical (unpaired) electrons. The van der Waals surface area contributed by atoms with Crippen molar-refractivity contribution in [2.45, 2.75) is 33.1 Å². The first-order valence-corrected chi connectivity index (χ1v) is 7.50. The highest BCUT2D eigenvalue weighted by molar-refractivity contribution is 6.14. The SMILES string of the molecule is COc1ccccc1CCN=CC1=C(O)CC(C)(C)CC1=O. The Bertz CT molecular complexity index is 615. The summed E-state index contributed by atoms with van der Waals surface area (Å²) >= 11 is 0. The van der Waals surface area contributed by atoms with Crippen molar-refractivity contribution >= 4 is 12.0 Å². The van der Waals surface area contributed by atoms with Gasteiger partial charge >= 0.3 is 0 Å². The number of ether oxygens (including phenoxy) is 1. The molecule has 0 unspecified atom stereocenters. The first kappa shape index (κ1) is 16.3. The van der Waals surface area contributed by atoms with Gasteiger partial charge in [-0.05, 0) is 23.5 Å². The van der Waals surface area contributed by atoms with Gasteiger partial charge in [-0.25, -0.2) is 0 Å². The lowest BCUT2D eigenvalue weighted by molar-refractivity contribution is -0.117. The van der Waals surface area contributed by atoms with E-state index in [4.69, 9.17) is 4.74 Å². The summed E-state index contributed by atoms with van der Waals surface area (Å²) in [5.74, 6) is 0.965.